The molecule has 0 saturated carbocycles. The van der Waals surface area contributed by atoms with E-state index >= 15 is 0 Å². The molecule has 0 aliphatic rings. The molecule has 2 aromatic rings. The van der Waals surface area contributed by atoms with Crippen LogP contribution in [0.4, 0.5) is 0 Å². The van der Waals surface area contributed by atoms with Crippen molar-refractivity contribution in [2.45, 2.75) is 13.5 Å². The van der Waals surface area contributed by atoms with Crippen LogP contribution < -0.4 is 9.47 Å². The minimum atomic E-state index is 0.638. The van der Waals surface area contributed by atoms with Crippen LogP contribution in [0.5, 0.6) is 17.2 Å². The molecule has 0 spiro atoms. The van der Waals surface area contributed by atoms with Crippen LogP contribution in [-0.2, 0) is 11.3 Å². The van der Waals surface area contributed by atoms with Crippen LogP contribution in [-0.4, -0.2) is 13.7 Å². The van der Waals surface area contributed by atoms with Crippen molar-refractivity contribution in [1.29, 1.82) is 0 Å². The van der Waals surface area contributed by atoms with Gasteiger partial charge in [0.05, 0.1) is 13.7 Å². The second-order valence-corrected chi connectivity index (χ2v) is 4.06. The molecule has 0 saturated heterocycles. The molecule has 3 nitrogen and oxygen atoms in total. The van der Waals surface area contributed by atoms with Gasteiger partial charge in [0.15, 0.2) is 0 Å². The minimum Gasteiger partial charge on any atom is -0.497 e. The Hall–Kier alpha value is -2.00. The summed E-state index contributed by atoms with van der Waals surface area (Å²) in [7, 11) is 1.65. The number of hydrogen-bond donors (Lipinski definition) is 0. The quantitative estimate of drug-likeness (QED) is 0.783. The summed E-state index contributed by atoms with van der Waals surface area (Å²) in [4.78, 5) is 0. The predicted molar refractivity (Wildman–Crippen MR) is 74.8 cm³/mol. The fourth-order valence-electron chi connectivity index (χ4n) is 1.65. The fraction of sp³-hybridized carbons (Fsp3) is 0.250. The third-order valence-corrected chi connectivity index (χ3v) is 2.69. The van der Waals surface area contributed by atoms with Gasteiger partial charge in [-0.2, -0.15) is 0 Å². The van der Waals surface area contributed by atoms with Crippen molar-refractivity contribution in [1.82, 2.24) is 0 Å². The standard InChI is InChI=1S/C16H18O3/c1-3-18-12-13-4-6-15(7-5-13)19-16-10-8-14(17-2)9-11-16/h4-11H,3,12H2,1-2H3. The molecule has 3 heteroatoms. The Morgan fingerprint density at radius 1 is 0.789 bits per heavy atom. The maximum Gasteiger partial charge on any atom is 0.127 e. The monoisotopic (exact) mass is 258 g/mol. The van der Waals surface area contributed by atoms with Crippen LogP contribution >= 0.6 is 0 Å². The van der Waals surface area contributed by atoms with Crippen molar-refractivity contribution < 1.29 is 14.2 Å². The molecule has 19 heavy (non-hydrogen) atoms. The lowest BCUT2D eigenvalue weighted by Gasteiger charge is -2.07. The Morgan fingerprint density at radius 3 is 1.84 bits per heavy atom. The first-order valence-corrected chi connectivity index (χ1v) is 6.30. The normalized spacial score (nSPS) is 10.2. The van der Waals surface area contributed by atoms with Gasteiger partial charge in [-0.25, -0.2) is 0 Å². The molecule has 100 valence electrons. The Labute approximate surface area is 113 Å². The van der Waals surface area contributed by atoms with Crippen molar-refractivity contribution in [3.05, 3.63) is 54.1 Å². The van der Waals surface area contributed by atoms with Gasteiger partial charge >= 0.3 is 0 Å². The van der Waals surface area contributed by atoms with E-state index in [1.54, 1.807) is 7.11 Å². The van der Waals surface area contributed by atoms with Gasteiger partial charge in [-0.1, -0.05) is 12.1 Å². The molecule has 0 amide bonds. The van der Waals surface area contributed by atoms with Crippen molar-refractivity contribution in [3.8, 4) is 17.2 Å². The van der Waals surface area contributed by atoms with Gasteiger partial charge < -0.3 is 14.2 Å². The molecule has 0 N–H and O–H groups in total. The average Bonchev–Trinajstić information content (AvgIpc) is 2.47. The lowest BCUT2D eigenvalue weighted by Crippen LogP contribution is -1.91. The first-order valence-electron chi connectivity index (χ1n) is 6.30. The van der Waals surface area contributed by atoms with Crippen LogP contribution in [0, 0.1) is 0 Å². The first kappa shape index (κ1) is 13.4. The second-order valence-electron chi connectivity index (χ2n) is 4.06. The van der Waals surface area contributed by atoms with Gasteiger partial charge in [-0.05, 0) is 48.9 Å². The van der Waals surface area contributed by atoms with Gasteiger partial charge in [0.1, 0.15) is 17.2 Å². The van der Waals surface area contributed by atoms with Crippen LogP contribution in [0.1, 0.15) is 12.5 Å². The van der Waals surface area contributed by atoms with Crippen LogP contribution in [0.25, 0.3) is 0 Å². The minimum absolute atomic E-state index is 0.638. The molecule has 0 bridgehead atoms. The molecular weight excluding hydrogens is 240 g/mol. The van der Waals surface area contributed by atoms with E-state index in [1.807, 2.05) is 55.5 Å². The largest absolute Gasteiger partial charge is 0.497 e. The molecule has 2 rings (SSSR count). The van der Waals surface area contributed by atoms with Crippen molar-refractivity contribution >= 4 is 0 Å². The highest BCUT2D eigenvalue weighted by molar-refractivity contribution is 5.36. The molecule has 0 aromatic heterocycles. The van der Waals surface area contributed by atoms with Crippen molar-refractivity contribution in [2.75, 3.05) is 13.7 Å². The number of rotatable bonds is 6. The summed E-state index contributed by atoms with van der Waals surface area (Å²) >= 11 is 0. The fourth-order valence-corrected chi connectivity index (χ4v) is 1.65. The van der Waals surface area contributed by atoms with Gasteiger partial charge in [0.25, 0.3) is 0 Å². The Kier molecular flexibility index (Phi) is 4.81. The summed E-state index contributed by atoms with van der Waals surface area (Å²) in [5, 5.41) is 0. The maximum atomic E-state index is 5.74. The zero-order valence-corrected chi connectivity index (χ0v) is 11.3. The van der Waals surface area contributed by atoms with Crippen LogP contribution in [0.15, 0.2) is 48.5 Å². The van der Waals surface area contributed by atoms with E-state index in [9.17, 15) is 0 Å². The van der Waals surface area contributed by atoms with E-state index in [-0.39, 0.29) is 0 Å². The summed E-state index contributed by atoms with van der Waals surface area (Å²) in [6.07, 6.45) is 0. The Bertz CT molecular complexity index is 488. The zero-order chi connectivity index (χ0) is 13.5. The topological polar surface area (TPSA) is 27.7 Å². The predicted octanol–water partition coefficient (Wildman–Crippen LogP) is 4.02. The molecule has 0 radical (unpaired) electrons. The van der Waals surface area contributed by atoms with Gasteiger partial charge in [0, 0.05) is 6.61 Å². The molecule has 0 heterocycles. The SMILES string of the molecule is CCOCc1ccc(Oc2ccc(OC)cc2)cc1. The summed E-state index contributed by atoms with van der Waals surface area (Å²) in [5.74, 6) is 2.42. The highest BCUT2D eigenvalue weighted by Crippen LogP contribution is 2.24. The van der Waals surface area contributed by atoms with E-state index in [1.165, 1.54) is 0 Å². The number of benzene rings is 2. The van der Waals surface area contributed by atoms with Gasteiger partial charge in [-0.3, -0.25) is 0 Å². The molecule has 2 aromatic carbocycles. The number of hydrogen-bond acceptors (Lipinski definition) is 3. The lowest BCUT2D eigenvalue weighted by atomic mass is 10.2. The average molecular weight is 258 g/mol. The Balaban J connectivity index is 1.98. The third kappa shape index (κ3) is 4.00. The third-order valence-electron chi connectivity index (χ3n) is 2.69. The van der Waals surface area contributed by atoms with Gasteiger partial charge in [0.2, 0.25) is 0 Å². The van der Waals surface area contributed by atoms with Crippen molar-refractivity contribution in [2.24, 2.45) is 0 Å². The lowest BCUT2D eigenvalue weighted by molar-refractivity contribution is 0.134. The van der Waals surface area contributed by atoms with E-state index in [0.717, 1.165) is 29.4 Å². The molecule has 0 aliphatic heterocycles. The molecule has 0 atom stereocenters. The van der Waals surface area contributed by atoms with Crippen LogP contribution in [0.3, 0.4) is 0 Å². The summed E-state index contributed by atoms with van der Waals surface area (Å²) < 4.78 is 16.2. The summed E-state index contributed by atoms with van der Waals surface area (Å²) in [6.45, 7) is 3.35. The van der Waals surface area contributed by atoms with Gasteiger partial charge in [-0.15, -0.1) is 0 Å². The number of methoxy groups -OCH3 is 1. The second kappa shape index (κ2) is 6.81. The molecule has 0 unspecified atom stereocenters. The first-order chi connectivity index (χ1) is 9.31. The van der Waals surface area contributed by atoms with Crippen molar-refractivity contribution in [3.63, 3.8) is 0 Å². The zero-order valence-electron chi connectivity index (χ0n) is 11.3. The molecular formula is C16H18O3. The summed E-state index contributed by atoms with van der Waals surface area (Å²) in [6, 6.07) is 15.4. The van der Waals surface area contributed by atoms with E-state index in [4.69, 9.17) is 14.2 Å². The number of ether oxygens (including phenoxy) is 3. The van der Waals surface area contributed by atoms with E-state index < -0.39 is 0 Å². The molecule has 0 aliphatic carbocycles. The molecule has 0 fully saturated rings. The maximum absolute atomic E-state index is 5.74. The van der Waals surface area contributed by atoms with E-state index in [2.05, 4.69) is 0 Å². The van der Waals surface area contributed by atoms with E-state index in [0.29, 0.717) is 6.61 Å². The van der Waals surface area contributed by atoms with Crippen LogP contribution in [0.2, 0.25) is 0 Å². The highest BCUT2D eigenvalue weighted by atomic mass is 16.5. The Morgan fingerprint density at radius 2 is 1.32 bits per heavy atom. The smallest absolute Gasteiger partial charge is 0.127 e. The summed E-state index contributed by atoms with van der Waals surface area (Å²) in [5.41, 5.74) is 1.14. The highest BCUT2D eigenvalue weighted by Gasteiger charge is 1.99.